The number of aromatic nitrogens is 3. The molecule has 0 saturated heterocycles. The van der Waals surface area contributed by atoms with E-state index in [4.69, 9.17) is 15.0 Å². The Morgan fingerprint density at radius 1 is 0.562 bits per heavy atom. The van der Waals surface area contributed by atoms with Crippen molar-refractivity contribution in [1.29, 1.82) is 0 Å². The van der Waals surface area contributed by atoms with Gasteiger partial charge in [0.1, 0.15) is 0 Å². The van der Waals surface area contributed by atoms with Crippen LogP contribution in [0.25, 0.3) is 92.0 Å². The lowest BCUT2D eigenvalue weighted by Crippen LogP contribution is -2.02. The zero-order chi connectivity index (χ0) is 32.2. The number of rotatable bonds is 6. The molecule has 0 aliphatic carbocycles. The fourth-order valence-corrected chi connectivity index (χ4v) is 8.10. The summed E-state index contributed by atoms with van der Waals surface area (Å²) in [6.07, 6.45) is 7.25. The molecule has 0 unspecified atom stereocenters. The molecule has 3 nitrogen and oxygen atoms in total. The molecule has 228 valence electrons. The Morgan fingerprint density at radius 2 is 1.21 bits per heavy atom. The third-order valence-corrected chi connectivity index (χ3v) is 10.5. The second-order valence-electron chi connectivity index (χ2n) is 12.2. The average Bonchev–Trinajstić information content (AvgIpc) is 3.54. The minimum atomic E-state index is 0.661. The van der Waals surface area contributed by atoms with E-state index in [9.17, 15) is 0 Å². The highest BCUT2D eigenvalue weighted by Gasteiger charge is 2.17. The minimum Gasteiger partial charge on any atom is -0.208 e. The van der Waals surface area contributed by atoms with Gasteiger partial charge in [0, 0.05) is 36.9 Å². The van der Waals surface area contributed by atoms with Crippen molar-refractivity contribution in [2.45, 2.75) is 20.3 Å². The van der Waals surface area contributed by atoms with Crippen LogP contribution in [-0.2, 0) is 0 Å². The van der Waals surface area contributed by atoms with Crippen LogP contribution in [0.3, 0.4) is 0 Å². The van der Waals surface area contributed by atoms with Gasteiger partial charge in [-0.3, -0.25) is 0 Å². The number of benzene rings is 7. The van der Waals surface area contributed by atoms with Crippen LogP contribution in [0.2, 0.25) is 0 Å². The lowest BCUT2D eigenvalue weighted by Gasteiger charge is -2.12. The predicted octanol–water partition coefficient (Wildman–Crippen LogP) is 12.5. The molecule has 0 fully saturated rings. The topological polar surface area (TPSA) is 38.7 Å². The second kappa shape index (κ2) is 11.5. The first kappa shape index (κ1) is 28.5. The fourth-order valence-electron chi connectivity index (χ4n) is 6.95. The van der Waals surface area contributed by atoms with Crippen molar-refractivity contribution in [3.05, 3.63) is 145 Å². The Hall–Kier alpha value is -5.71. The molecule has 0 spiro atoms. The maximum atomic E-state index is 5.02. The standard InChI is InChI=1S/C44H31N3S/c1-3-5-10-27(4-2)42-45-43(47-44(46-42)33-22-19-28-11-6-7-12-31(28)25-33)30-20-17-29(18-21-30)32-23-24-34-35-13-8-15-38-40(35)41-36(37(34)26-32)14-9-16-39(41)48-38/h4-26H,3H2,1-2H3/b10-5-,27-4+. The maximum absolute atomic E-state index is 5.02. The van der Waals surface area contributed by atoms with Gasteiger partial charge < -0.3 is 0 Å². The largest absolute Gasteiger partial charge is 0.208 e. The van der Waals surface area contributed by atoms with E-state index in [0.29, 0.717) is 17.5 Å². The van der Waals surface area contributed by atoms with Crippen LogP contribution in [0.15, 0.2) is 140 Å². The molecule has 0 saturated carbocycles. The van der Waals surface area contributed by atoms with E-state index in [0.717, 1.165) is 34.1 Å². The van der Waals surface area contributed by atoms with Crippen molar-refractivity contribution in [3.8, 4) is 33.9 Å². The van der Waals surface area contributed by atoms with Gasteiger partial charge in [0.25, 0.3) is 0 Å². The monoisotopic (exact) mass is 633 g/mol. The Bertz CT molecular complexity index is 2710. The molecule has 0 bridgehead atoms. The highest BCUT2D eigenvalue weighted by Crippen LogP contribution is 2.45. The summed E-state index contributed by atoms with van der Waals surface area (Å²) in [7, 11) is 0. The number of hydrogen-bond acceptors (Lipinski definition) is 4. The van der Waals surface area contributed by atoms with Crippen molar-refractivity contribution >= 4 is 69.4 Å². The van der Waals surface area contributed by atoms with Crippen LogP contribution >= 0.6 is 11.3 Å². The molecule has 0 amide bonds. The van der Waals surface area contributed by atoms with Gasteiger partial charge >= 0.3 is 0 Å². The van der Waals surface area contributed by atoms with E-state index in [1.54, 1.807) is 0 Å². The third-order valence-electron chi connectivity index (χ3n) is 9.34. The lowest BCUT2D eigenvalue weighted by atomic mass is 9.92. The van der Waals surface area contributed by atoms with Gasteiger partial charge in [0.2, 0.25) is 0 Å². The third kappa shape index (κ3) is 4.68. The summed E-state index contributed by atoms with van der Waals surface area (Å²) >= 11 is 1.88. The van der Waals surface area contributed by atoms with Crippen molar-refractivity contribution in [2.75, 3.05) is 0 Å². The van der Waals surface area contributed by atoms with Gasteiger partial charge in [-0.05, 0) is 81.1 Å². The SMILES string of the molecule is C/C=C(\C=C/CC)c1nc(-c2ccc(-c3ccc4c(c3)c3cccc5sc6cccc4c6c53)cc2)nc(-c2ccc3ccccc3c2)n1. The van der Waals surface area contributed by atoms with Gasteiger partial charge in [-0.15, -0.1) is 11.3 Å². The van der Waals surface area contributed by atoms with Crippen LogP contribution in [0.1, 0.15) is 26.1 Å². The summed E-state index contributed by atoms with van der Waals surface area (Å²) in [6, 6.07) is 43.7. The molecule has 0 aliphatic rings. The smallest absolute Gasteiger partial charge is 0.164 e. The molecule has 7 aromatic carbocycles. The quantitative estimate of drug-likeness (QED) is 0.135. The van der Waals surface area contributed by atoms with Crippen LogP contribution in [0.5, 0.6) is 0 Å². The van der Waals surface area contributed by atoms with Crippen LogP contribution < -0.4 is 0 Å². The predicted molar refractivity (Wildman–Crippen MR) is 206 cm³/mol. The molecule has 4 heteroatoms. The van der Waals surface area contributed by atoms with Gasteiger partial charge in [0.05, 0.1) is 0 Å². The summed E-state index contributed by atoms with van der Waals surface area (Å²) in [4.78, 5) is 15.0. The zero-order valence-corrected chi connectivity index (χ0v) is 27.6. The second-order valence-corrected chi connectivity index (χ2v) is 13.3. The number of hydrogen-bond donors (Lipinski definition) is 0. The molecular formula is C44H31N3S. The fraction of sp³-hybridized carbons (Fsp3) is 0.0682. The molecule has 2 heterocycles. The van der Waals surface area contributed by atoms with E-state index in [1.165, 1.54) is 52.7 Å². The summed E-state index contributed by atoms with van der Waals surface area (Å²) in [5.41, 5.74) is 5.26. The normalized spacial score (nSPS) is 12.5. The van der Waals surface area contributed by atoms with Crippen molar-refractivity contribution in [1.82, 2.24) is 15.0 Å². The minimum absolute atomic E-state index is 0.661. The summed E-state index contributed by atoms with van der Waals surface area (Å²) in [5, 5.41) is 10.4. The molecular weight excluding hydrogens is 603 g/mol. The van der Waals surface area contributed by atoms with Crippen LogP contribution in [0, 0.1) is 0 Å². The van der Waals surface area contributed by atoms with Gasteiger partial charge in [0.15, 0.2) is 17.5 Å². The van der Waals surface area contributed by atoms with E-state index in [-0.39, 0.29) is 0 Å². The first-order valence-corrected chi connectivity index (χ1v) is 17.3. The molecule has 0 radical (unpaired) electrons. The Balaban J connectivity index is 1.15. The van der Waals surface area contributed by atoms with Crippen molar-refractivity contribution in [3.63, 3.8) is 0 Å². The molecule has 0 N–H and O–H groups in total. The molecule has 2 aromatic heterocycles. The van der Waals surface area contributed by atoms with Crippen molar-refractivity contribution in [2.24, 2.45) is 0 Å². The van der Waals surface area contributed by atoms with Gasteiger partial charge in [-0.1, -0.05) is 122 Å². The maximum Gasteiger partial charge on any atom is 0.164 e. The lowest BCUT2D eigenvalue weighted by molar-refractivity contribution is 1.04. The first-order valence-electron chi connectivity index (χ1n) is 16.5. The molecule has 0 aliphatic heterocycles. The number of thiophene rings is 1. The van der Waals surface area contributed by atoms with E-state index in [2.05, 4.69) is 146 Å². The summed E-state index contributed by atoms with van der Waals surface area (Å²) in [6.45, 7) is 4.16. The molecule has 48 heavy (non-hydrogen) atoms. The van der Waals surface area contributed by atoms with Gasteiger partial charge in [-0.25, -0.2) is 15.0 Å². The van der Waals surface area contributed by atoms with Gasteiger partial charge in [-0.2, -0.15) is 0 Å². The van der Waals surface area contributed by atoms with Crippen LogP contribution in [-0.4, -0.2) is 15.0 Å². The average molecular weight is 634 g/mol. The Kier molecular flexibility index (Phi) is 6.84. The first-order chi connectivity index (χ1) is 23.7. The van der Waals surface area contributed by atoms with Crippen LogP contribution in [0.4, 0.5) is 0 Å². The molecule has 9 rings (SSSR count). The zero-order valence-electron chi connectivity index (χ0n) is 26.7. The van der Waals surface area contributed by atoms with Crippen molar-refractivity contribution < 1.29 is 0 Å². The van der Waals surface area contributed by atoms with E-state index >= 15 is 0 Å². The molecule has 0 atom stereocenters. The number of allylic oxidation sites excluding steroid dienone is 4. The van der Waals surface area contributed by atoms with E-state index in [1.807, 2.05) is 18.3 Å². The highest BCUT2D eigenvalue weighted by molar-refractivity contribution is 7.26. The summed E-state index contributed by atoms with van der Waals surface area (Å²) < 4.78 is 2.70. The molecule has 9 aromatic rings. The summed E-state index contributed by atoms with van der Waals surface area (Å²) in [5.74, 6) is 2.00. The van der Waals surface area contributed by atoms with E-state index < -0.39 is 0 Å². The highest BCUT2D eigenvalue weighted by atomic mass is 32.1. The Morgan fingerprint density at radius 3 is 1.94 bits per heavy atom. The Labute approximate surface area is 282 Å². The number of nitrogens with zero attached hydrogens (tertiary/aromatic N) is 3. The number of fused-ring (bicyclic) bond motifs is 4.